The Morgan fingerprint density at radius 2 is 2.35 bits per heavy atom. The van der Waals surface area contributed by atoms with E-state index in [0.29, 0.717) is 23.7 Å². The number of thiazole rings is 1. The molecule has 0 aliphatic rings. The maximum absolute atomic E-state index is 11.8. The van der Waals surface area contributed by atoms with Gasteiger partial charge in [0, 0.05) is 24.0 Å². The van der Waals surface area contributed by atoms with Gasteiger partial charge in [-0.1, -0.05) is 0 Å². The number of nitrogens with one attached hydrogen (secondary N) is 1. The molecule has 2 rings (SSSR count). The van der Waals surface area contributed by atoms with Crippen molar-refractivity contribution < 1.29 is 9.53 Å². The molecule has 2 heterocycles. The van der Waals surface area contributed by atoms with Gasteiger partial charge in [-0.3, -0.25) is 0 Å². The Hall–Kier alpha value is -1.67. The van der Waals surface area contributed by atoms with Crippen LogP contribution in [-0.2, 0) is 11.2 Å². The summed E-state index contributed by atoms with van der Waals surface area (Å²) in [6, 6.07) is 0. The Kier molecular flexibility index (Phi) is 4.91. The maximum atomic E-state index is 11.8. The minimum Gasteiger partial charge on any atom is -0.462 e. The lowest BCUT2D eigenvalue weighted by atomic mass is 10.3. The van der Waals surface area contributed by atoms with Crippen LogP contribution in [0.2, 0.25) is 0 Å². The van der Waals surface area contributed by atoms with E-state index in [0.717, 1.165) is 17.1 Å². The quantitative estimate of drug-likeness (QED) is 0.796. The summed E-state index contributed by atoms with van der Waals surface area (Å²) in [5, 5.41) is 6.90. The number of nitrogen functional groups attached to an aromatic ring is 1. The van der Waals surface area contributed by atoms with Crippen molar-refractivity contribution >= 4 is 39.7 Å². The minimum atomic E-state index is -0.439. The minimum absolute atomic E-state index is 0.209. The van der Waals surface area contributed by atoms with Crippen LogP contribution in [0.15, 0.2) is 5.38 Å². The summed E-state index contributed by atoms with van der Waals surface area (Å²) in [6.07, 6.45) is 0.790. The third-order valence-electron chi connectivity index (χ3n) is 2.49. The fourth-order valence-corrected chi connectivity index (χ4v) is 3.13. The van der Waals surface area contributed by atoms with E-state index >= 15 is 0 Å². The summed E-state index contributed by atoms with van der Waals surface area (Å²) in [5.74, 6) is -0.229. The number of carbonyl (C=O) groups excluding carboxylic acids is 1. The number of aromatic nitrogens is 2. The topological polar surface area (TPSA) is 90.1 Å². The van der Waals surface area contributed by atoms with Gasteiger partial charge in [0.15, 0.2) is 5.82 Å². The smallest absolute Gasteiger partial charge is 0.344 e. The van der Waals surface area contributed by atoms with Crippen molar-refractivity contribution in [3.63, 3.8) is 0 Å². The van der Waals surface area contributed by atoms with Crippen LogP contribution in [0.25, 0.3) is 0 Å². The zero-order chi connectivity index (χ0) is 14.5. The average molecular weight is 312 g/mol. The predicted molar refractivity (Wildman–Crippen MR) is 81.5 cm³/mol. The first-order valence-electron chi connectivity index (χ1n) is 6.19. The van der Waals surface area contributed by atoms with Crippen LogP contribution in [0.5, 0.6) is 0 Å². The number of rotatable bonds is 6. The van der Waals surface area contributed by atoms with Crippen LogP contribution in [0, 0.1) is 6.92 Å². The SMILES string of the molecule is CCOC(=O)c1c(N)nsc1NCCc1nc(C)cs1. The first-order chi connectivity index (χ1) is 9.61. The molecule has 0 bridgehead atoms. The molecule has 0 fully saturated rings. The van der Waals surface area contributed by atoms with Crippen LogP contribution in [-0.4, -0.2) is 28.5 Å². The van der Waals surface area contributed by atoms with Crippen molar-refractivity contribution in [2.75, 3.05) is 24.2 Å². The highest BCUT2D eigenvalue weighted by Gasteiger charge is 2.20. The Bertz CT molecular complexity index is 594. The van der Waals surface area contributed by atoms with Crippen molar-refractivity contribution in [3.8, 4) is 0 Å². The molecule has 0 amide bonds. The highest BCUT2D eigenvalue weighted by atomic mass is 32.1. The van der Waals surface area contributed by atoms with E-state index in [4.69, 9.17) is 10.5 Å². The molecular formula is C12H16N4O2S2. The molecule has 0 spiro atoms. The predicted octanol–water partition coefficient (Wildman–Crippen LogP) is 2.32. The molecule has 0 radical (unpaired) electrons. The van der Waals surface area contributed by atoms with E-state index in [1.807, 2.05) is 12.3 Å². The van der Waals surface area contributed by atoms with Gasteiger partial charge in [0.1, 0.15) is 10.6 Å². The molecule has 8 heteroatoms. The van der Waals surface area contributed by atoms with E-state index in [1.54, 1.807) is 18.3 Å². The molecule has 0 aromatic carbocycles. The van der Waals surface area contributed by atoms with Gasteiger partial charge < -0.3 is 15.8 Å². The lowest BCUT2D eigenvalue weighted by Gasteiger charge is -2.05. The lowest BCUT2D eigenvalue weighted by molar-refractivity contribution is 0.0529. The molecule has 2 aromatic heterocycles. The highest BCUT2D eigenvalue weighted by molar-refractivity contribution is 7.11. The van der Waals surface area contributed by atoms with Gasteiger partial charge in [-0.05, 0) is 25.4 Å². The summed E-state index contributed by atoms with van der Waals surface area (Å²) in [7, 11) is 0. The van der Waals surface area contributed by atoms with Gasteiger partial charge >= 0.3 is 5.97 Å². The molecule has 0 saturated heterocycles. The molecule has 6 nitrogen and oxygen atoms in total. The molecule has 3 N–H and O–H groups in total. The summed E-state index contributed by atoms with van der Waals surface area (Å²) < 4.78 is 8.97. The second kappa shape index (κ2) is 6.67. The summed E-state index contributed by atoms with van der Waals surface area (Å²) in [5.41, 5.74) is 7.06. The van der Waals surface area contributed by atoms with E-state index in [1.165, 1.54) is 11.5 Å². The van der Waals surface area contributed by atoms with Crippen LogP contribution in [0.4, 0.5) is 10.8 Å². The molecule has 0 saturated carbocycles. The van der Waals surface area contributed by atoms with Gasteiger partial charge in [0.25, 0.3) is 0 Å². The van der Waals surface area contributed by atoms with Gasteiger partial charge in [-0.15, -0.1) is 11.3 Å². The van der Waals surface area contributed by atoms with Crippen LogP contribution in [0.1, 0.15) is 28.0 Å². The first-order valence-corrected chi connectivity index (χ1v) is 7.84. The van der Waals surface area contributed by atoms with Crippen molar-refractivity contribution in [2.45, 2.75) is 20.3 Å². The molecular weight excluding hydrogens is 296 g/mol. The van der Waals surface area contributed by atoms with Crippen LogP contribution < -0.4 is 11.1 Å². The number of hydrogen-bond acceptors (Lipinski definition) is 8. The fourth-order valence-electron chi connectivity index (χ4n) is 1.62. The van der Waals surface area contributed by atoms with Crippen molar-refractivity contribution in [3.05, 3.63) is 21.6 Å². The van der Waals surface area contributed by atoms with Crippen molar-refractivity contribution in [1.82, 2.24) is 9.36 Å². The molecule has 0 aliphatic heterocycles. The fraction of sp³-hybridized carbons (Fsp3) is 0.417. The van der Waals surface area contributed by atoms with Gasteiger partial charge in [-0.2, -0.15) is 4.37 Å². The van der Waals surface area contributed by atoms with E-state index < -0.39 is 5.97 Å². The molecule has 2 aromatic rings. The van der Waals surface area contributed by atoms with Gasteiger partial charge in [0.05, 0.1) is 11.6 Å². The molecule has 20 heavy (non-hydrogen) atoms. The number of carbonyl (C=O) groups is 1. The normalized spacial score (nSPS) is 10.5. The Morgan fingerprint density at radius 3 is 3.00 bits per heavy atom. The molecule has 0 aliphatic carbocycles. The number of aryl methyl sites for hydroxylation is 1. The second-order valence-corrected chi connectivity index (χ2v) is 5.77. The number of anilines is 2. The van der Waals surface area contributed by atoms with E-state index in [9.17, 15) is 4.79 Å². The van der Waals surface area contributed by atoms with Gasteiger partial charge in [-0.25, -0.2) is 9.78 Å². The molecule has 0 unspecified atom stereocenters. The third kappa shape index (κ3) is 3.45. The van der Waals surface area contributed by atoms with E-state index in [-0.39, 0.29) is 5.82 Å². The van der Waals surface area contributed by atoms with Crippen LogP contribution in [0.3, 0.4) is 0 Å². The van der Waals surface area contributed by atoms with E-state index in [2.05, 4.69) is 14.7 Å². The highest BCUT2D eigenvalue weighted by Crippen LogP contribution is 2.27. The monoisotopic (exact) mass is 312 g/mol. The Balaban J connectivity index is 1.97. The summed E-state index contributed by atoms with van der Waals surface area (Å²) in [4.78, 5) is 16.2. The molecule has 108 valence electrons. The zero-order valence-corrected chi connectivity index (χ0v) is 12.9. The van der Waals surface area contributed by atoms with Gasteiger partial charge in [0.2, 0.25) is 0 Å². The summed E-state index contributed by atoms with van der Waals surface area (Å²) in [6.45, 7) is 4.70. The zero-order valence-electron chi connectivity index (χ0n) is 11.3. The molecule has 0 atom stereocenters. The number of ether oxygens (including phenoxy) is 1. The number of nitrogens with zero attached hydrogens (tertiary/aromatic N) is 2. The largest absolute Gasteiger partial charge is 0.462 e. The Morgan fingerprint density at radius 1 is 1.55 bits per heavy atom. The first kappa shape index (κ1) is 14.7. The average Bonchev–Trinajstić information content (AvgIpc) is 2.97. The third-order valence-corrected chi connectivity index (χ3v) is 4.33. The lowest BCUT2D eigenvalue weighted by Crippen LogP contribution is -2.11. The Labute approximate surface area is 125 Å². The summed E-state index contributed by atoms with van der Waals surface area (Å²) >= 11 is 2.80. The van der Waals surface area contributed by atoms with Crippen molar-refractivity contribution in [1.29, 1.82) is 0 Å². The van der Waals surface area contributed by atoms with Crippen LogP contribution >= 0.6 is 22.9 Å². The number of nitrogens with two attached hydrogens (primary N) is 1. The number of esters is 1. The number of hydrogen-bond donors (Lipinski definition) is 2. The van der Waals surface area contributed by atoms with Crippen molar-refractivity contribution in [2.24, 2.45) is 0 Å². The maximum Gasteiger partial charge on any atom is 0.344 e. The standard InChI is InChI=1S/C12H16N4O2S2/c1-3-18-12(17)9-10(13)16-20-11(9)14-5-4-8-15-7(2)6-19-8/h6,14H,3-5H2,1-2H3,(H2,13,16). The second-order valence-electron chi connectivity index (χ2n) is 4.05.